The lowest BCUT2D eigenvalue weighted by atomic mass is 9.79. The number of rotatable bonds is 34. The maximum Gasteiger partial charge on any atom is 0.0588 e. The van der Waals surface area contributed by atoms with Crippen LogP contribution in [0.1, 0.15) is 214 Å². The molecule has 0 fully saturated rings. The molecule has 0 aliphatic heterocycles. The molecule has 0 saturated heterocycles. The fourth-order valence-electron chi connectivity index (χ4n) is 6.56. The van der Waals surface area contributed by atoms with E-state index in [1.54, 1.807) is 0 Å². The first-order valence-corrected chi connectivity index (χ1v) is 19.9. The van der Waals surface area contributed by atoms with Gasteiger partial charge in [-0.2, -0.15) is 0 Å². The highest BCUT2D eigenvalue weighted by atomic mass is 32.2. The number of carbonyl (C=O) groups is 2. The van der Waals surface area contributed by atoms with Gasteiger partial charge in [0.15, 0.2) is 0 Å². The number of unbranched alkanes of at least 4 members (excludes halogenated alkanes) is 21. The van der Waals surface area contributed by atoms with Crippen LogP contribution in [0, 0.1) is 5.92 Å². The zero-order valence-electron chi connectivity index (χ0n) is 29.2. The average molecular weight is 625 g/mol. The van der Waals surface area contributed by atoms with Crippen molar-refractivity contribution in [1.29, 1.82) is 0 Å². The molecule has 0 N–H and O–H groups in total. The first kappa shape index (κ1) is 42.3. The monoisotopic (exact) mass is 625 g/mol. The van der Waals surface area contributed by atoms with Crippen molar-refractivity contribution in [3.63, 3.8) is 0 Å². The lowest BCUT2D eigenvalue weighted by Gasteiger charge is -2.44. The predicted octanol–water partition coefficient (Wildman–Crippen LogP) is 10.3. The number of aliphatic carboxylic acids is 2. The van der Waals surface area contributed by atoms with E-state index < -0.39 is 21.9 Å². The molecule has 0 aromatic rings. The molecule has 0 radical (unpaired) electrons. The minimum Gasteiger partial charge on any atom is -0.549 e. The van der Waals surface area contributed by atoms with Crippen molar-refractivity contribution in [3.05, 3.63) is 0 Å². The Hall–Kier alpha value is -0.710. The largest absolute Gasteiger partial charge is 0.549 e. The van der Waals surface area contributed by atoms with Gasteiger partial charge in [-0.05, 0) is 31.6 Å². The van der Waals surface area contributed by atoms with Crippen LogP contribution in [0.4, 0.5) is 0 Å². The van der Waals surface area contributed by atoms with Gasteiger partial charge >= 0.3 is 0 Å². The lowest BCUT2D eigenvalue weighted by molar-refractivity contribution is -0.311. The van der Waals surface area contributed by atoms with Crippen molar-refractivity contribution in [2.45, 2.75) is 224 Å². The molecular formula is C38H72O4S-2. The van der Waals surface area contributed by atoms with E-state index >= 15 is 0 Å². The smallest absolute Gasteiger partial charge is 0.0588 e. The van der Waals surface area contributed by atoms with Crippen LogP contribution in [0.25, 0.3) is 0 Å². The van der Waals surface area contributed by atoms with Crippen LogP contribution in [0.15, 0.2) is 0 Å². The molecule has 43 heavy (non-hydrogen) atoms. The summed E-state index contributed by atoms with van der Waals surface area (Å²) in [6, 6.07) is 0. The standard InChI is InChI=1S/C38H74O4S/c1-5-9-13-15-16-17-18-19-20-21-22-23-25-28-31-34(30-27-24-14-10-6-2)38(37(41)42,33-29-12-8-4)43-35(36(39)40)32-26-11-7-3/h34-35H,5-33H2,1-4H3,(H,39,40)(H,41,42)/p-2. The Labute approximate surface area is 272 Å². The maximum atomic E-state index is 13.1. The summed E-state index contributed by atoms with van der Waals surface area (Å²) in [7, 11) is 0. The fraction of sp³-hybridized carbons (Fsp3) is 0.947. The highest BCUT2D eigenvalue weighted by molar-refractivity contribution is 8.02. The minimum absolute atomic E-state index is 0.0497. The Morgan fingerprint density at radius 1 is 0.488 bits per heavy atom. The van der Waals surface area contributed by atoms with E-state index in [0.717, 1.165) is 77.0 Å². The van der Waals surface area contributed by atoms with Crippen molar-refractivity contribution < 1.29 is 19.8 Å². The topological polar surface area (TPSA) is 80.3 Å². The molecule has 5 heteroatoms. The summed E-state index contributed by atoms with van der Waals surface area (Å²) >= 11 is 1.19. The van der Waals surface area contributed by atoms with Gasteiger partial charge in [-0.1, -0.05) is 188 Å². The quantitative estimate of drug-likeness (QED) is 0.0665. The van der Waals surface area contributed by atoms with Crippen LogP contribution in [0.5, 0.6) is 0 Å². The van der Waals surface area contributed by atoms with E-state index in [-0.39, 0.29) is 5.92 Å². The van der Waals surface area contributed by atoms with Crippen LogP contribution in [-0.4, -0.2) is 21.9 Å². The molecule has 0 aliphatic rings. The number of hydrogen-bond donors (Lipinski definition) is 0. The number of carbonyl (C=O) groups excluding carboxylic acids is 2. The summed E-state index contributed by atoms with van der Waals surface area (Å²) in [4.78, 5) is 25.3. The van der Waals surface area contributed by atoms with E-state index in [9.17, 15) is 19.8 Å². The third-order valence-electron chi connectivity index (χ3n) is 9.40. The van der Waals surface area contributed by atoms with E-state index in [1.165, 1.54) is 108 Å². The molecule has 0 saturated carbocycles. The number of carboxylic acids is 2. The van der Waals surface area contributed by atoms with Crippen LogP contribution >= 0.6 is 11.8 Å². The summed E-state index contributed by atoms with van der Waals surface area (Å²) in [5.74, 6) is -2.20. The molecule has 0 aromatic heterocycles. The Bertz CT molecular complexity index is 639. The normalized spacial score (nSPS) is 14.4. The molecule has 0 spiro atoms. The van der Waals surface area contributed by atoms with Crippen molar-refractivity contribution in [3.8, 4) is 0 Å². The van der Waals surface area contributed by atoms with Gasteiger partial charge in [-0.25, -0.2) is 0 Å². The highest BCUT2D eigenvalue weighted by Gasteiger charge is 2.42. The van der Waals surface area contributed by atoms with Gasteiger partial charge in [0.1, 0.15) is 0 Å². The minimum atomic E-state index is -1.15. The van der Waals surface area contributed by atoms with E-state index in [0.29, 0.717) is 12.8 Å². The molecule has 256 valence electrons. The fourth-order valence-corrected chi connectivity index (χ4v) is 8.24. The van der Waals surface area contributed by atoms with Gasteiger partial charge in [-0.15, -0.1) is 11.8 Å². The molecule has 0 aromatic carbocycles. The summed E-state index contributed by atoms with van der Waals surface area (Å²) in [6.45, 7) is 8.71. The van der Waals surface area contributed by atoms with Crippen LogP contribution < -0.4 is 10.2 Å². The van der Waals surface area contributed by atoms with Crippen molar-refractivity contribution >= 4 is 23.7 Å². The summed E-state index contributed by atoms with van der Waals surface area (Å²) in [6.07, 6.45) is 32.2. The molecule has 0 amide bonds. The molecular weight excluding hydrogens is 552 g/mol. The molecule has 4 nitrogen and oxygen atoms in total. The zero-order valence-corrected chi connectivity index (χ0v) is 30.0. The van der Waals surface area contributed by atoms with Crippen molar-refractivity contribution in [2.24, 2.45) is 5.92 Å². The second-order valence-corrected chi connectivity index (χ2v) is 14.9. The second kappa shape index (κ2) is 30.0. The number of carboxylic acid groups (broad SMARTS) is 2. The summed E-state index contributed by atoms with van der Waals surface area (Å²) in [5.41, 5.74) is 0. The molecule has 0 rings (SSSR count). The third-order valence-corrected chi connectivity index (χ3v) is 11.2. The van der Waals surface area contributed by atoms with Crippen molar-refractivity contribution in [1.82, 2.24) is 0 Å². The van der Waals surface area contributed by atoms with E-state index in [4.69, 9.17) is 0 Å². The SMILES string of the molecule is CCCCCCCCCCCCCCCCC(CCCCCCC)C(CCCCC)(SC(CCCCC)C(=O)[O-])C(=O)[O-]. The van der Waals surface area contributed by atoms with Crippen LogP contribution in [-0.2, 0) is 9.59 Å². The van der Waals surface area contributed by atoms with Crippen molar-refractivity contribution in [2.75, 3.05) is 0 Å². The Balaban J connectivity index is 5.18. The molecule has 0 aliphatic carbocycles. The van der Waals surface area contributed by atoms with Crippen LogP contribution in [0.3, 0.4) is 0 Å². The molecule has 0 bridgehead atoms. The second-order valence-electron chi connectivity index (χ2n) is 13.3. The van der Waals surface area contributed by atoms with E-state index in [1.807, 2.05) is 0 Å². The molecule has 3 atom stereocenters. The first-order valence-electron chi connectivity index (χ1n) is 19.0. The average Bonchev–Trinajstić information content (AvgIpc) is 2.98. The van der Waals surface area contributed by atoms with Gasteiger partial charge in [-0.3, -0.25) is 0 Å². The Morgan fingerprint density at radius 3 is 1.19 bits per heavy atom. The highest BCUT2D eigenvalue weighted by Crippen LogP contribution is 2.46. The maximum absolute atomic E-state index is 13.1. The van der Waals surface area contributed by atoms with Gasteiger partial charge in [0.2, 0.25) is 0 Å². The number of hydrogen-bond acceptors (Lipinski definition) is 5. The summed E-state index contributed by atoms with van der Waals surface area (Å²) in [5, 5.41) is 24.5. The van der Waals surface area contributed by atoms with Crippen LogP contribution in [0.2, 0.25) is 0 Å². The lowest BCUT2D eigenvalue weighted by Crippen LogP contribution is -2.53. The van der Waals surface area contributed by atoms with Gasteiger partial charge in [0.25, 0.3) is 0 Å². The number of thioether (sulfide) groups is 1. The van der Waals surface area contributed by atoms with Gasteiger partial charge in [0, 0.05) is 5.25 Å². The zero-order chi connectivity index (χ0) is 32.0. The van der Waals surface area contributed by atoms with Gasteiger partial charge in [0.05, 0.1) is 16.7 Å². The van der Waals surface area contributed by atoms with Gasteiger partial charge < -0.3 is 19.8 Å². The first-order chi connectivity index (χ1) is 20.9. The molecule has 0 heterocycles. The summed E-state index contributed by atoms with van der Waals surface area (Å²) < 4.78 is -1.15. The predicted molar refractivity (Wildman–Crippen MR) is 184 cm³/mol. The molecule has 3 unspecified atom stereocenters. The third kappa shape index (κ3) is 21.6. The Kier molecular flexibility index (Phi) is 29.5. The Morgan fingerprint density at radius 2 is 0.814 bits per heavy atom. The van der Waals surface area contributed by atoms with E-state index in [2.05, 4.69) is 27.7 Å².